The van der Waals surface area contributed by atoms with Crippen LogP contribution in [0.25, 0.3) is 22.0 Å². The van der Waals surface area contributed by atoms with Crippen molar-refractivity contribution in [2.24, 2.45) is 5.92 Å². The number of benzene rings is 1. The molecule has 0 amide bonds. The predicted molar refractivity (Wildman–Crippen MR) is 126 cm³/mol. The van der Waals surface area contributed by atoms with E-state index in [0.717, 1.165) is 42.4 Å². The number of hydrogen-bond acceptors (Lipinski definition) is 5. The third kappa shape index (κ3) is 3.96. The minimum atomic E-state index is -0.806. The molecule has 0 saturated carbocycles. The highest BCUT2D eigenvalue weighted by Gasteiger charge is 2.34. The molecule has 3 aromatic rings. The Hall–Kier alpha value is -2.35. The van der Waals surface area contributed by atoms with Gasteiger partial charge in [-0.1, -0.05) is 23.2 Å². The van der Waals surface area contributed by atoms with Crippen molar-refractivity contribution in [2.75, 3.05) is 13.2 Å². The number of hydrogen-bond donors (Lipinski definition) is 0. The van der Waals surface area contributed by atoms with Crippen LogP contribution in [0.4, 0.5) is 0 Å². The quantitative estimate of drug-likeness (QED) is 0.348. The van der Waals surface area contributed by atoms with E-state index < -0.39 is 11.9 Å². The second kappa shape index (κ2) is 9.12. The normalized spacial score (nSPS) is 21.1. The maximum Gasteiger partial charge on any atom is 0.316 e. The number of nitrogens with zero attached hydrogens (tertiary/aromatic N) is 3. The zero-order valence-electron chi connectivity index (χ0n) is 18.4. The predicted octanol–water partition coefficient (Wildman–Crippen LogP) is 5.67. The standard InChI is InChI=1S/C24H25Cl2N3O4/c1-2-32-24(31)15-6-5-8-28-19(23(15)30)11-17-16(10-18(25)21(26)22(17)28)14-12-27-29(13-14)20-7-3-4-9-33-20/h10-13,15,20H,2-9H2,1H3. The van der Waals surface area contributed by atoms with Gasteiger partial charge >= 0.3 is 5.97 Å². The van der Waals surface area contributed by atoms with Gasteiger partial charge in [-0.05, 0) is 56.7 Å². The van der Waals surface area contributed by atoms with E-state index in [1.165, 1.54) is 0 Å². The molecule has 2 aromatic heterocycles. The summed E-state index contributed by atoms with van der Waals surface area (Å²) >= 11 is 13.2. The van der Waals surface area contributed by atoms with Gasteiger partial charge in [-0.15, -0.1) is 0 Å². The van der Waals surface area contributed by atoms with Gasteiger partial charge in [0.2, 0.25) is 0 Å². The number of aromatic nitrogens is 3. The van der Waals surface area contributed by atoms with Crippen molar-refractivity contribution in [3.63, 3.8) is 0 Å². The third-order valence-corrected chi connectivity index (χ3v) is 7.23. The fourth-order valence-electron chi connectivity index (χ4n) is 4.84. The zero-order chi connectivity index (χ0) is 23.1. The average Bonchev–Trinajstić information content (AvgIpc) is 3.42. The maximum atomic E-state index is 13.3. The fraction of sp³-hybridized carbons (Fsp3) is 0.458. The Morgan fingerprint density at radius 2 is 2.09 bits per heavy atom. The monoisotopic (exact) mass is 489 g/mol. The van der Waals surface area contributed by atoms with E-state index in [1.54, 1.807) is 13.1 Å². The van der Waals surface area contributed by atoms with Crippen LogP contribution in [0.2, 0.25) is 10.0 Å². The number of fused-ring (bicyclic) bond motifs is 3. The lowest BCUT2D eigenvalue weighted by atomic mass is 9.97. The number of ketones is 1. The Bertz CT molecular complexity index is 1230. The molecule has 0 spiro atoms. The number of rotatable bonds is 4. The first-order valence-electron chi connectivity index (χ1n) is 11.4. The van der Waals surface area contributed by atoms with Crippen LogP contribution in [0, 0.1) is 5.92 Å². The molecular formula is C24H25Cl2N3O4. The largest absolute Gasteiger partial charge is 0.465 e. The van der Waals surface area contributed by atoms with E-state index in [-0.39, 0.29) is 18.6 Å². The number of aryl methyl sites for hydroxylation is 1. The summed E-state index contributed by atoms with van der Waals surface area (Å²) < 4.78 is 14.7. The van der Waals surface area contributed by atoms with Crippen LogP contribution in [0.1, 0.15) is 55.7 Å². The van der Waals surface area contributed by atoms with Gasteiger partial charge in [-0.25, -0.2) is 4.68 Å². The summed E-state index contributed by atoms with van der Waals surface area (Å²) in [6.07, 6.45) is 7.83. The summed E-state index contributed by atoms with van der Waals surface area (Å²) in [5, 5.41) is 6.13. The highest BCUT2D eigenvalue weighted by atomic mass is 35.5. The molecule has 9 heteroatoms. The van der Waals surface area contributed by atoms with Gasteiger partial charge in [0.15, 0.2) is 5.78 Å². The first-order valence-corrected chi connectivity index (χ1v) is 12.1. The molecule has 2 aliphatic rings. The molecule has 2 atom stereocenters. The smallest absolute Gasteiger partial charge is 0.316 e. The van der Waals surface area contributed by atoms with Gasteiger partial charge in [0.25, 0.3) is 0 Å². The maximum absolute atomic E-state index is 13.3. The van der Waals surface area contributed by atoms with Crippen LogP contribution < -0.4 is 0 Å². The molecule has 33 heavy (non-hydrogen) atoms. The van der Waals surface area contributed by atoms with E-state index in [9.17, 15) is 9.59 Å². The van der Waals surface area contributed by atoms with Crippen molar-refractivity contribution in [3.8, 4) is 11.1 Å². The van der Waals surface area contributed by atoms with Crippen molar-refractivity contribution in [2.45, 2.75) is 51.8 Å². The van der Waals surface area contributed by atoms with Crippen LogP contribution >= 0.6 is 23.2 Å². The van der Waals surface area contributed by atoms with Crippen molar-refractivity contribution in [1.29, 1.82) is 0 Å². The topological polar surface area (TPSA) is 75.3 Å². The van der Waals surface area contributed by atoms with Gasteiger partial charge in [0.1, 0.15) is 12.1 Å². The lowest BCUT2D eigenvalue weighted by Gasteiger charge is -2.22. The van der Waals surface area contributed by atoms with E-state index in [4.69, 9.17) is 32.7 Å². The van der Waals surface area contributed by atoms with Crippen molar-refractivity contribution in [1.82, 2.24) is 14.3 Å². The Labute approximate surface area is 201 Å². The van der Waals surface area contributed by atoms with Crippen molar-refractivity contribution >= 4 is 45.9 Å². The van der Waals surface area contributed by atoms with Gasteiger partial charge in [-0.3, -0.25) is 9.59 Å². The molecule has 0 radical (unpaired) electrons. The molecule has 174 valence electrons. The van der Waals surface area contributed by atoms with Crippen molar-refractivity contribution in [3.05, 3.63) is 40.3 Å². The second-order valence-electron chi connectivity index (χ2n) is 8.50. The lowest BCUT2D eigenvalue weighted by Crippen LogP contribution is -2.26. The highest BCUT2D eigenvalue weighted by Crippen LogP contribution is 2.42. The van der Waals surface area contributed by atoms with Gasteiger partial charge in [0.05, 0.1) is 34.1 Å². The molecule has 5 rings (SSSR count). The minimum Gasteiger partial charge on any atom is -0.465 e. The van der Waals surface area contributed by atoms with E-state index in [0.29, 0.717) is 40.6 Å². The molecule has 4 heterocycles. The van der Waals surface area contributed by atoms with Crippen LogP contribution in [0.5, 0.6) is 0 Å². The van der Waals surface area contributed by atoms with Crippen LogP contribution in [-0.2, 0) is 20.8 Å². The molecule has 0 bridgehead atoms. The Balaban J connectivity index is 1.61. The van der Waals surface area contributed by atoms with Gasteiger partial charge in [0, 0.05) is 30.3 Å². The molecule has 7 nitrogen and oxygen atoms in total. The molecule has 2 aliphatic heterocycles. The van der Waals surface area contributed by atoms with E-state index >= 15 is 0 Å². The molecule has 1 saturated heterocycles. The summed E-state index contributed by atoms with van der Waals surface area (Å²) in [7, 11) is 0. The summed E-state index contributed by atoms with van der Waals surface area (Å²) in [5.74, 6) is -1.52. The van der Waals surface area contributed by atoms with E-state index in [1.807, 2.05) is 27.6 Å². The number of halogens is 2. The molecule has 0 N–H and O–H groups in total. The van der Waals surface area contributed by atoms with Gasteiger partial charge < -0.3 is 14.0 Å². The first kappa shape index (κ1) is 22.4. The highest BCUT2D eigenvalue weighted by molar-refractivity contribution is 6.45. The molecule has 1 aromatic carbocycles. The van der Waals surface area contributed by atoms with Crippen LogP contribution in [-0.4, -0.2) is 39.3 Å². The van der Waals surface area contributed by atoms with Crippen LogP contribution in [0.15, 0.2) is 24.5 Å². The van der Waals surface area contributed by atoms with Gasteiger partial charge in [-0.2, -0.15) is 5.10 Å². The molecule has 0 aliphatic carbocycles. The zero-order valence-corrected chi connectivity index (χ0v) is 19.9. The summed E-state index contributed by atoms with van der Waals surface area (Å²) in [6, 6.07) is 3.63. The number of Topliss-reactive ketones (excluding diaryl/α,β-unsaturated/α-hetero) is 1. The number of esters is 1. The Kier molecular flexibility index (Phi) is 6.20. The number of carbonyl (C=O) groups is 2. The summed E-state index contributed by atoms with van der Waals surface area (Å²) in [5.41, 5.74) is 2.85. The fourth-order valence-corrected chi connectivity index (χ4v) is 5.30. The molecule has 2 unspecified atom stereocenters. The summed E-state index contributed by atoms with van der Waals surface area (Å²) in [4.78, 5) is 25.8. The Morgan fingerprint density at radius 1 is 1.24 bits per heavy atom. The van der Waals surface area contributed by atoms with Crippen LogP contribution in [0.3, 0.4) is 0 Å². The second-order valence-corrected chi connectivity index (χ2v) is 9.29. The number of ether oxygens (including phenoxy) is 2. The number of carbonyl (C=O) groups excluding carboxylic acids is 2. The van der Waals surface area contributed by atoms with E-state index in [2.05, 4.69) is 5.10 Å². The van der Waals surface area contributed by atoms with Crippen molar-refractivity contribution < 1.29 is 19.1 Å². The lowest BCUT2D eigenvalue weighted by molar-refractivity contribution is -0.146. The Morgan fingerprint density at radius 3 is 2.85 bits per heavy atom. The SMILES string of the molecule is CCOC(=O)C1CCCn2c(cc3c(-c4cnn(C5CCCCO5)c4)cc(Cl)c(Cl)c32)C1=O. The average molecular weight is 490 g/mol. The molecule has 1 fully saturated rings. The first-order chi connectivity index (χ1) is 16.0. The molecular weight excluding hydrogens is 465 g/mol. The third-order valence-electron chi connectivity index (χ3n) is 6.45. The summed E-state index contributed by atoms with van der Waals surface area (Å²) in [6.45, 7) is 3.27. The minimum absolute atomic E-state index is 0.0802.